The SMILES string of the molecule is COc1ccc(NC(=O)NC(C(=O)O)C(C)C)cc1C. The van der Waals surface area contributed by atoms with E-state index in [0.717, 1.165) is 11.3 Å². The number of ether oxygens (including phenoxy) is 1. The number of methoxy groups -OCH3 is 1. The Balaban J connectivity index is 2.71. The first-order valence-corrected chi connectivity index (χ1v) is 6.30. The van der Waals surface area contributed by atoms with Crippen molar-refractivity contribution in [3.05, 3.63) is 23.8 Å². The van der Waals surface area contributed by atoms with Crippen LogP contribution in [-0.2, 0) is 4.79 Å². The van der Waals surface area contributed by atoms with E-state index in [4.69, 9.17) is 9.84 Å². The standard InChI is InChI=1S/C14H20N2O4/c1-8(2)12(13(17)18)16-14(19)15-10-5-6-11(20-4)9(3)7-10/h5-8,12H,1-4H3,(H,17,18)(H2,15,16,19). The van der Waals surface area contributed by atoms with Gasteiger partial charge in [0.1, 0.15) is 11.8 Å². The molecule has 1 aromatic carbocycles. The molecule has 0 heterocycles. The molecule has 1 atom stereocenters. The molecule has 2 amide bonds. The van der Waals surface area contributed by atoms with Crippen molar-refractivity contribution in [3.63, 3.8) is 0 Å². The van der Waals surface area contributed by atoms with Crippen molar-refractivity contribution in [1.29, 1.82) is 0 Å². The molecule has 1 aromatic rings. The number of rotatable bonds is 5. The van der Waals surface area contributed by atoms with Gasteiger partial charge in [0.25, 0.3) is 0 Å². The van der Waals surface area contributed by atoms with Crippen LogP contribution in [0.4, 0.5) is 10.5 Å². The van der Waals surface area contributed by atoms with Crippen LogP contribution in [0.25, 0.3) is 0 Å². The molecule has 110 valence electrons. The van der Waals surface area contributed by atoms with E-state index in [0.29, 0.717) is 5.69 Å². The van der Waals surface area contributed by atoms with Crippen molar-refractivity contribution < 1.29 is 19.4 Å². The molecule has 0 fully saturated rings. The zero-order chi connectivity index (χ0) is 15.3. The minimum absolute atomic E-state index is 0.198. The van der Waals surface area contributed by atoms with Gasteiger partial charge in [0.2, 0.25) is 0 Å². The number of hydrogen-bond donors (Lipinski definition) is 3. The maximum Gasteiger partial charge on any atom is 0.326 e. The Bertz CT molecular complexity index is 500. The van der Waals surface area contributed by atoms with Crippen molar-refractivity contribution >= 4 is 17.7 Å². The second-order valence-electron chi connectivity index (χ2n) is 4.84. The summed E-state index contributed by atoms with van der Waals surface area (Å²) in [6.07, 6.45) is 0. The molecule has 0 saturated heterocycles. The quantitative estimate of drug-likeness (QED) is 0.771. The van der Waals surface area contributed by atoms with Gasteiger partial charge in [-0.2, -0.15) is 0 Å². The largest absolute Gasteiger partial charge is 0.496 e. The van der Waals surface area contributed by atoms with Gasteiger partial charge in [0.15, 0.2) is 0 Å². The number of amides is 2. The third-order valence-electron chi connectivity index (χ3n) is 2.87. The molecule has 1 unspecified atom stereocenters. The zero-order valence-corrected chi connectivity index (χ0v) is 12.1. The van der Waals surface area contributed by atoms with Gasteiger partial charge in [0.05, 0.1) is 7.11 Å². The summed E-state index contributed by atoms with van der Waals surface area (Å²) >= 11 is 0. The Hall–Kier alpha value is -2.24. The van der Waals surface area contributed by atoms with Gasteiger partial charge in [0, 0.05) is 5.69 Å². The highest BCUT2D eigenvalue weighted by Crippen LogP contribution is 2.21. The van der Waals surface area contributed by atoms with Gasteiger partial charge in [-0.1, -0.05) is 13.8 Å². The van der Waals surface area contributed by atoms with Crippen LogP contribution in [0.5, 0.6) is 5.75 Å². The van der Waals surface area contributed by atoms with Crippen molar-refractivity contribution in [2.45, 2.75) is 26.8 Å². The fraction of sp³-hybridized carbons (Fsp3) is 0.429. The summed E-state index contributed by atoms with van der Waals surface area (Å²) in [6.45, 7) is 5.32. The third-order valence-corrected chi connectivity index (χ3v) is 2.87. The summed E-state index contributed by atoms with van der Waals surface area (Å²) < 4.78 is 5.13. The molecule has 3 N–H and O–H groups in total. The predicted octanol–water partition coefficient (Wildman–Crippen LogP) is 2.23. The van der Waals surface area contributed by atoms with E-state index in [2.05, 4.69) is 10.6 Å². The van der Waals surface area contributed by atoms with Crippen LogP contribution in [0.3, 0.4) is 0 Å². The Kier molecular flexibility index (Phi) is 5.37. The molecule has 0 bridgehead atoms. The van der Waals surface area contributed by atoms with Crippen LogP contribution in [-0.4, -0.2) is 30.3 Å². The van der Waals surface area contributed by atoms with Gasteiger partial charge in [-0.05, 0) is 36.6 Å². The van der Waals surface area contributed by atoms with E-state index in [1.54, 1.807) is 39.2 Å². The topological polar surface area (TPSA) is 87.7 Å². The van der Waals surface area contributed by atoms with Crippen LogP contribution in [0.15, 0.2) is 18.2 Å². The molecular weight excluding hydrogens is 260 g/mol. The summed E-state index contributed by atoms with van der Waals surface area (Å²) in [7, 11) is 1.57. The van der Waals surface area contributed by atoms with Gasteiger partial charge in [-0.3, -0.25) is 0 Å². The number of carboxylic acids is 1. The Morgan fingerprint density at radius 3 is 2.40 bits per heavy atom. The monoisotopic (exact) mass is 280 g/mol. The molecule has 0 aliphatic heterocycles. The van der Waals surface area contributed by atoms with Crippen molar-refractivity contribution in [2.75, 3.05) is 12.4 Å². The lowest BCUT2D eigenvalue weighted by Crippen LogP contribution is -2.46. The molecule has 20 heavy (non-hydrogen) atoms. The Labute approximate surface area is 118 Å². The number of carbonyl (C=O) groups excluding carboxylic acids is 1. The number of benzene rings is 1. The van der Waals surface area contributed by atoms with E-state index in [-0.39, 0.29) is 5.92 Å². The van der Waals surface area contributed by atoms with E-state index in [1.165, 1.54) is 0 Å². The van der Waals surface area contributed by atoms with Crippen LogP contribution < -0.4 is 15.4 Å². The summed E-state index contributed by atoms with van der Waals surface area (Å²) in [6, 6.07) is 3.72. The Morgan fingerprint density at radius 1 is 1.30 bits per heavy atom. The van der Waals surface area contributed by atoms with Gasteiger partial charge < -0.3 is 20.5 Å². The maximum absolute atomic E-state index is 11.8. The molecule has 0 aromatic heterocycles. The maximum atomic E-state index is 11.8. The lowest BCUT2D eigenvalue weighted by molar-refractivity contribution is -0.140. The number of aryl methyl sites for hydroxylation is 1. The fourth-order valence-corrected chi connectivity index (χ4v) is 1.78. The highest BCUT2D eigenvalue weighted by molar-refractivity contribution is 5.92. The van der Waals surface area contributed by atoms with Crippen LogP contribution >= 0.6 is 0 Å². The molecule has 0 saturated carbocycles. The average Bonchev–Trinajstić information content (AvgIpc) is 2.35. The first kappa shape index (κ1) is 15.8. The van der Waals surface area contributed by atoms with E-state index in [1.807, 2.05) is 6.92 Å². The van der Waals surface area contributed by atoms with Crippen molar-refractivity contribution in [1.82, 2.24) is 5.32 Å². The molecule has 0 aliphatic carbocycles. The molecular formula is C14H20N2O4. The average molecular weight is 280 g/mol. The fourth-order valence-electron chi connectivity index (χ4n) is 1.78. The smallest absolute Gasteiger partial charge is 0.326 e. The molecule has 0 spiro atoms. The summed E-state index contributed by atoms with van der Waals surface area (Å²) in [4.78, 5) is 22.8. The summed E-state index contributed by atoms with van der Waals surface area (Å²) in [5, 5.41) is 14.0. The van der Waals surface area contributed by atoms with Crippen LogP contribution in [0, 0.1) is 12.8 Å². The Morgan fingerprint density at radius 2 is 1.95 bits per heavy atom. The first-order valence-electron chi connectivity index (χ1n) is 6.30. The van der Waals surface area contributed by atoms with Crippen molar-refractivity contribution in [2.24, 2.45) is 5.92 Å². The number of hydrogen-bond acceptors (Lipinski definition) is 3. The lowest BCUT2D eigenvalue weighted by atomic mass is 10.1. The minimum atomic E-state index is -1.05. The number of carboxylic acid groups (broad SMARTS) is 1. The van der Waals surface area contributed by atoms with Gasteiger partial charge >= 0.3 is 12.0 Å². The normalized spacial score (nSPS) is 11.8. The highest BCUT2D eigenvalue weighted by atomic mass is 16.5. The second-order valence-corrected chi connectivity index (χ2v) is 4.84. The number of urea groups is 1. The summed E-state index contributed by atoms with van der Waals surface area (Å²) in [5.41, 5.74) is 1.46. The van der Waals surface area contributed by atoms with Gasteiger partial charge in [-0.15, -0.1) is 0 Å². The molecule has 0 radical (unpaired) electrons. The van der Waals surface area contributed by atoms with E-state index >= 15 is 0 Å². The van der Waals surface area contributed by atoms with Gasteiger partial charge in [-0.25, -0.2) is 9.59 Å². The molecule has 1 rings (SSSR count). The number of anilines is 1. The number of aliphatic carboxylic acids is 1. The predicted molar refractivity (Wildman–Crippen MR) is 76.1 cm³/mol. The number of nitrogens with one attached hydrogen (secondary N) is 2. The summed E-state index contributed by atoms with van der Waals surface area (Å²) in [5.74, 6) is -0.529. The molecule has 6 heteroatoms. The first-order chi connectivity index (χ1) is 9.35. The van der Waals surface area contributed by atoms with Crippen LogP contribution in [0.2, 0.25) is 0 Å². The molecule has 0 aliphatic rings. The zero-order valence-electron chi connectivity index (χ0n) is 12.1. The van der Waals surface area contributed by atoms with Crippen LogP contribution in [0.1, 0.15) is 19.4 Å². The molecule has 6 nitrogen and oxygen atoms in total. The van der Waals surface area contributed by atoms with E-state index in [9.17, 15) is 9.59 Å². The highest BCUT2D eigenvalue weighted by Gasteiger charge is 2.23. The van der Waals surface area contributed by atoms with E-state index < -0.39 is 18.0 Å². The lowest BCUT2D eigenvalue weighted by Gasteiger charge is -2.18. The minimum Gasteiger partial charge on any atom is -0.496 e. The third kappa shape index (κ3) is 4.15. The number of carbonyl (C=O) groups is 2. The van der Waals surface area contributed by atoms with Crippen molar-refractivity contribution in [3.8, 4) is 5.75 Å². The second kappa shape index (κ2) is 6.79.